The predicted molar refractivity (Wildman–Crippen MR) is 82.4 cm³/mol. The van der Waals surface area contributed by atoms with Gasteiger partial charge in [0.15, 0.2) is 0 Å². The molecule has 0 rings (SSSR count). The monoisotopic (exact) mass is 302 g/mol. The summed E-state index contributed by atoms with van der Waals surface area (Å²) in [5, 5.41) is 0. The number of methoxy groups -OCH3 is 1. The molecule has 0 bridgehead atoms. The Bertz CT molecular complexity index is 260. The summed E-state index contributed by atoms with van der Waals surface area (Å²) in [6.45, 7) is 4.16. The highest BCUT2D eigenvalue weighted by Gasteiger charge is 1.98. The van der Waals surface area contributed by atoms with Gasteiger partial charge in [-0.2, -0.15) is 0 Å². The number of rotatable bonds is 15. The lowest BCUT2D eigenvalue weighted by Gasteiger charge is -2.06. The highest BCUT2D eigenvalue weighted by Crippen LogP contribution is 1.87. The number of esters is 1. The molecule has 0 aliphatic rings. The van der Waals surface area contributed by atoms with E-state index < -0.39 is 0 Å². The normalized spacial score (nSPS) is 11.1. The van der Waals surface area contributed by atoms with E-state index in [1.165, 1.54) is 7.11 Å². The quantitative estimate of drug-likeness (QED) is 0.187. The average Bonchev–Trinajstić information content (AvgIpc) is 2.50. The van der Waals surface area contributed by atoms with Gasteiger partial charge in [-0.05, 0) is 0 Å². The maximum absolute atomic E-state index is 10.8. The fourth-order valence-electron chi connectivity index (χ4n) is 1.30. The van der Waals surface area contributed by atoms with Crippen LogP contribution in [0.4, 0.5) is 0 Å². The Morgan fingerprint density at radius 1 is 0.857 bits per heavy atom. The highest BCUT2D eigenvalue weighted by atomic mass is 16.6. The molecule has 0 heterocycles. The molecule has 0 aromatic rings. The number of hydrogen-bond acceptors (Lipinski definition) is 6. The van der Waals surface area contributed by atoms with Crippen molar-refractivity contribution in [2.45, 2.75) is 12.7 Å². The molecule has 0 fully saturated rings. The van der Waals surface area contributed by atoms with Crippen LogP contribution in [-0.2, 0) is 28.5 Å². The average molecular weight is 302 g/mol. The van der Waals surface area contributed by atoms with E-state index in [0.29, 0.717) is 52.9 Å². The van der Waals surface area contributed by atoms with Gasteiger partial charge in [-0.1, -0.05) is 18.5 Å². The molecular formula is C14H27BO6. The lowest BCUT2D eigenvalue weighted by molar-refractivity contribution is -0.141. The third-order valence-electron chi connectivity index (χ3n) is 2.41. The first kappa shape index (κ1) is 20.1. The van der Waals surface area contributed by atoms with Crippen LogP contribution in [0.15, 0.2) is 12.2 Å². The van der Waals surface area contributed by atoms with Crippen LogP contribution in [0.2, 0.25) is 6.32 Å². The lowest BCUT2D eigenvalue weighted by Crippen LogP contribution is -2.13. The third kappa shape index (κ3) is 17.1. The van der Waals surface area contributed by atoms with E-state index in [-0.39, 0.29) is 12.4 Å². The summed E-state index contributed by atoms with van der Waals surface area (Å²) in [6.07, 6.45) is 5.38. The second-order valence-corrected chi connectivity index (χ2v) is 4.12. The zero-order chi connectivity index (χ0) is 15.6. The zero-order valence-corrected chi connectivity index (χ0v) is 13.2. The molecule has 0 atom stereocenters. The molecule has 0 aromatic carbocycles. The summed E-state index contributed by atoms with van der Waals surface area (Å²) < 4.78 is 25.7. The smallest absolute Gasteiger partial charge is 0.307 e. The van der Waals surface area contributed by atoms with E-state index in [2.05, 4.69) is 18.7 Å². The van der Waals surface area contributed by atoms with Crippen LogP contribution < -0.4 is 0 Å². The van der Waals surface area contributed by atoms with E-state index in [9.17, 15) is 4.79 Å². The third-order valence-corrected chi connectivity index (χ3v) is 2.41. The van der Waals surface area contributed by atoms with Crippen molar-refractivity contribution in [3.63, 3.8) is 0 Å². The van der Waals surface area contributed by atoms with Gasteiger partial charge in [0, 0.05) is 0 Å². The van der Waals surface area contributed by atoms with Gasteiger partial charge in [0.1, 0.15) is 7.85 Å². The Labute approximate surface area is 128 Å². The summed E-state index contributed by atoms with van der Waals surface area (Å²) in [7, 11) is 3.45. The van der Waals surface area contributed by atoms with Gasteiger partial charge in [-0.3, -0.25) is 4.79 Å². The molecule has 6 nitrogen and oxygen atoms in total. The molecule has 0 spiro atoms. The Hall–Kier alpha value is -0.885. The van der Waals surface area contributed by atoms with Crippen molar-refractivity contribution in [1.82, 2.24) is 0 Å². The van der Waals surface area contributed by atoms with Crippen molar-refractivity contribution in [3.05, 3.63) is 12.2 Å². The Morgan fingerprint density at radius 3 is 1.90 bits per heavy atom. The van der Waals surface area contributed by atoms with Gasteiger partial charge in [-0.25, -0.2) is 0 Å². The first-order valence-corrected chi connectivity index (χ1v) is 7.34. The molecule has 0 saturated heterocycles. The van der Waals surface area contributed by atoms with Crippen LogP contribution in [0, 0.1) is 0 Å². The Kier molecular flexibility index (Phi) is 16.4. The van der Waals surface area contributed by atoms with Crippen molar-refractivity contribution < 1.29 is 28.5 Å². The number of carbonyl (C=O) groups excluding carboxylic acids is 1. The highest BCUT2D eigenvalue weighted by molar-refractivity contribution is 6.09. The van der Waals surface area contributed by atoms with Crippen LogP contribution in [0.3, 0.4) is 0 Å². The van der Waals surface area contributed by atoms with Gasteiger partial charge in [0.25, 0.3) is 0 Å². The molecule has 0 aromatic heterocycles. The first-order chi connectivity index (χ1) is 10.3. The fourth-order valence-corrected chi connectivity index (χ4v) is 1.30. The number of hydrogen-bond donors (Lipinski definition) is 0. The van der Waals surface area contributed by atoms with E-state index in [1.807, 2.05) is 6.08 Å². The summed E-state index contributed by atoms with van der Waals surface area (Å²) in [4.78, 5) is 10.8. The zero-order valence-electron chi connectivity index (χ0n) is 13.2. The Morgan fingerprint density at radius 2 is 1.38 bits per heavy atom. The minimum atomic E-state index is -0.267. The fraction of sp³-hybridized carbons (Fsp3) is 0.786. The standard InChI is InChI=1S/C14H27BO6/c1-17-14(16)4-7-19-9-11-21-13-12-20-10-8-18-6-3-2-5-15/h2-3H,4-13,15H2,1H3/b3-2+. The van der Waals surface area contributed by atoms with Crippen molar-refractivity contribution in [1.29, 1.82) is 0 Å². The van der Waals surface area contributed by atoms with E-state index in [1.54, 1.807) is 0 Å². The second-order valence-electron chi connectivity index (χ2n) is 4.12. The molecule has 0 unspecified atom stereocenters. The molecule has 0 N–H and O–H groups in total. The summed E-state index contributed by atoms with van der Waals surface area (Å²) in [5.74, 6) is -0.267. The second kappa shape index (κ2) is 17.2. The van der Waals surface area contributed by atoms with Crippen LogP contribution in [-0.4, -0.2) is 73.8 Å². The van der Waals surface area contributed by atoms with Gasteiger partial charge < -0.3 is 23.7 Å². The van der Waals surface area contributed by atoms with Crippen LogP contribution >= 0.6 is 0 Å². The molecule has 7 heteroatoms. The SMILES string of the molecule is BC/C=C/COCCOCCOCCOCCC(=O)OC. The molecule has 0 aliphatic carbocycles. The number of carbonyl (C=O) groups is 1. The molecule has 0 aliphatic heterocycles. The van der Waals surface area contributed by atoms with Gasteiger partial charge in [0.2, 0.25) is 0 Å². The maximum Gasteiger partial charge on any atom is 0.307 e. The molecule has 122 valence electrons. The molecule has 0 saturated carbocycles. The van der Waals surface area contributed by atoms with Crippen LogP contribution in [0.5, 0.6) is 0 Å². The Balaban J connectivity index is 3.02. The summed E-state index contributed by atoms with van der Waals surface area (Å²) in [5.41, 5.74) is 0. The number of allylic oxidation sites excluding steroid dienone is 1. The van der Waals surface area contributed by atoms with Crippen LogP contribution in [0.25, 0.3) is 0 Å². The van der Waals surface area contributed by atoms with E-state index in [0.717, 1.165) is 6.32 Å². The van der Waals surface area contributed by atoms with Gasteiger partial charge in [0.05, 0.1) is 66.4 Å². The van der Waals surface area contributed by atoms with Crippen molar-refractivity contribution >= 4 is 13.8 Å². The molecule has 0 radical (unpaired) electrons. The maximum atomic E-state index is 10.8. The molecule has 21 heavy (non-hydrogen) atoms. The van der Waals surface area contributed by atoms with E-state index >= 15 is 0 Å². The largest absolute Gasteiger partial charge is 0.469 e. The lowest BCUT2D eigenvalue weighted by atomic mass is 10.1. The summed E-state index contributed by atoms with van der Waals surface area (Å²) in [6, 6.07) is 0. The summed E-state index contributed by atoms with van der Waals surface area (Å²) >= 11 is 0. The van der Waals surface area contributed by atoms with Crippen molar-refractivity contribution in [2.75, 3.05) is 60.0 Å². The predicted octanol–water partition coefficient (Wildman–Crippen LogP) is 0.224. The van der Waals surface area contributed by atoms with Gasteiger partial charge in [-0.15, -0.1) is 0 Å². The van der Waals surface area contributed by atoms with Crippen LogP contribution in [0.1, 0.15) is 6.42 Å². The number of ether oxygens (including phenoxy) is 5. The van der Waals surface area contributed by atoms with Crippen molar-refractivity contribution in [3.8, 4) is 0 Å². The van der Waals surface area contributed by atoms with Gasteiger partial charge >= 0.3 is 5.97 Å². The molecule has 0 amide bonds. The minimum Gasteiger partial charge on any atom is -0.469 e. The van der Waals surface area contributed by atoms with Crippen molar-refractivity contribution in [2.24, 2.45) is 0 Å². The minimum absolute atomic E-state index is 0.267. The first-order valence-electron chi connectivity index (χ1n) is 7.34. The molecular weight excluding hydrogens is 275 g/mol. The topological polar surface area (TPSA) is 63.2 Å². The van der Waals surface area contributed by atoms with E-state index in [4.69, 9.17) is 18.9 Å².